The maximum absolute atomic E-state index is 13.1. The summed E-state index contributed by atoms with van der Waals surface area (Å²) in [6.45, 7) is 2.95. The number of halogens is 4. The van der Waals surface area contributed by atoms with Crippen LogP contribution in [0, 0.1) is 6.92 Å². The molecule has 0 spiro atoms. The van der Waals surface area contributed by atoms with Crippen LogP contribution in [0.4, 0.5) is 13.2 Å². The maximum atomic E-state index is 13.1. The highest BCUT2D eigenvalue weighted by Gasteiger charge is 2.32. The summed E-state index contributed by atoms with van der Waals surface area (Å²) in [6.07, 6.45) is -2.11. The standard InChI is InChI=1S/C26H23ClF3N3O3/c1-16-2-3-19(25(35)33-12-10-18(11-13-33)17-4-7-21(27)8-5-17)14-22(16)36-32-24(34)20-6-9-23(31-15-20)26(28,29)30/h2-9,14-15,18H,10-13H2,1H3,(H,32,34). The molecule has 0 saturated carbocycles. The second-order valence-corrected chi connectivity index (χ2v) is 9.00. The highest BCUT2D eigenvalue weighted by molar-refractivity contribution is 6.30. The number of hydrogen-bond donors (Lipinski definition) is 1. The van der Waals surface area contributed by atoms with Gasteiger partial charge in [0, 0.05) is 29.9 Å². The van der Waals surface area contributed by atoms with Gasteiger partial charge in [-0.3, -0.25) is 14.6 Å². The van der Waals surface area contributed by atoms with Crippen LogP contribution >= 0.6 is 11.6 Å². The van der Waals surface area contributed by atoms with E-state index in [4.69, 9.17) is 16.4 Å². The number of pyridine rings is 1. The first-order chi connectivity index (χ1) is 17.1. The van der Waals surface area contributed by atoms with Crippen LogP contribution in [-0.2, 0) is 6.18 Å². The fourth-order valence-electron chi connectivity index (χ4n) is 4.03. The van der Waals surface area contributed by atoms with Gasteiger partial charge in [0.05, 0.1) is 5.56 Å². The van der Waals surface area contributed by atoms with E-state index in [0.29, 0.717) is 35.2 Å². The number of hydrogen-bond acceptors (Lipinski definition) is 4. The number of likely N-dealkylation sites (tertiary alicyclic amines) is 1. The van der Waals surface area contributed by atoms with Crippen LogP contribution in [0.3, 0.4) is 0 Å². The Bertz CT molecular complexity index is 1240. The first-order valence-corrected chi connectivity index (χ1v) is 11.7. The smallest absolute Gasteiger partial charge is 0.379 e. The molecule has 3 aromatic rings. The first-order valence-electron chi connectivity index (χ1n) is 11.3. The predicted octanol–water partition coefficient (Wildman–Crippen LogP) is 5.81. The Morgan fingerprint density at radius 1 is 1.03 bits per heavy atom. The molecule has 2 amide bonds. The number of carbonyl (C=O) groups is 2. The summed E-state index contributed by atoms with van der Waals surface area (Å²) in [7, 11) is 0. The molecule has 4 rings (SSSR count). The highest BCUT2D eigenvalue weighted by Crippen LogP contribution is 2.30. The summed E-state index contributed by atoms with van der Waals surface area (Å²) < 4.78 is 38.0. The summed E-state index contributed by atoms with van der Waals surface area (Å²) in [6, 6.07) is 14.4. The number of benzene rings is 2. The minimum absolute atomic E-state index is 0.101. The molecule has 2 heterocycles. The van der Waals surface area contributed by atoms with E-state index < -0.39 is 17.8 Å². The molecule has 2 aromatic carbocycles. The molecule has 6 nitrogen and oxygen atoms in total. The fourth-order valence-corrected chi connectivity index (χ4v) is 4.16. The predicted molar refractivity (Wildman–Crippen MR) is 128 cm³/mol. The van der Waals surface area contributed by atoms with E-state index >= 15 is 0 Å². The van der Waals surface area contributed by atoms with Crippen molar-refractivity contribution in [3.63, 3.8) is 0 Å². The van der Waals surface area contributed by atoms with E-state index in [-0.39, 0.29) is 17.2 Å². The largest absolute Gasteiger partial charge is 0.433 e. The van der Waals surface area contributed by atoms with E-state index in [2.05, 4.69) is 10.5 Å². The van der Waals surface area contributed by atoms with Gasteiger partial charge in [0.15, 0.2) is 5.75 Å². The van der Waals surface area contributed by atoms with E-state index in [1.54, 1.807) is 24.0 Å². The fraction of sp³-hybridized carbons (Fsp3) is 0.269. The van der Waals surface area contributed by atoms with Crippen LogP contribution in [0.1, 0.15) is 56.3 Å². The minimum Gasteiger partial charge on any atom is -0.379 e. The topological polar surface area (TPSA) is 71.5 Å². The molecule has 0 atom stereocenters. The van der Waals surface area contributed by atoms with Crippen molar-refractivity contribution in [1.29, 1.82) is 0 Å². The second-order valence-electron chi connectivity index (χ2n) is 8.56. The quantitative estimate of drug-likeness (QED) is 0.434. The van der Waals surface area contributed by atoms with Crippen molar-refractivity contribution >= 4 is 23.4 Å². The van der Waals surface area contributed by atoms with Gasteiger partial charge >= 0.3 is 6.18 Å². The lowest BCUT2D eigenvalue weighted by Gasteiger charge is -2.32. The van der Waals surface area contributed by atoms with Crippen LogP contribution in [0.2, 0.25) is 5.02 Å². The summed E-state index contributed by atoms with van der Waals surface area (Å²) in [5.74, 6) is -0.299. The molecule has 1 saturated heterocycles. The average Bonchev–Trinajstić information content (AvgIpc) is 2.88. The van der Waals surface area contributed by atoms with Crippen molar-refractivity contribution in [3.8, 4) is 5.75 Å². The lowest BCUT2D eigenvalue weighted by Crippen LogP contribution is -2.38. The van der Waals surface area contributed by atoms with Crippen molar-refractivity contribution < 1.29 is 27.6 Å². The van der Waals surface area contributed by atoms with Crippen molar-refractivity contribution in [2.24, 2.45) is 0 Å². The Labute approximate surface area is 211 Å². The number of carbonyl (C=O) groups excluding carboxylic acids is 2. The van der Waals surface area contributed by atoms with E-state index in [0.717, 1.165) is 31.2 Å². The zero-order valence-corrected chi connectivity index (χ0v) is 20.1. The minimum atomic E-state index is -4.60. The third kappa shape index (κ3) is 5.96. The number of alkyl halides is 3. The van der Waals surface area contributed by atoms with E-state index in [9.17, 15) is 22.8 Å². The van der Waals surface area contributed by atoms with Gasteiger partial charge in [0.2, 0.25) is 0 Å². The van der Waals surface area contributed by atoms with Crippen LogP contribution < -0.4 is 10.3 Å². The van der Waals surface area contributed by atoms with Gasteiger partial charge in [-0.2, -0.15) is 18.7 Å². The van der Waals surface area contributed by atoms with Crippen LogP contribution in [-0.4, -0.2) is 34.8 Å². The summed E-state index contributed by atoms with van der Waals surface area (Å²) in [5.41, 5.74) is 3.27. The molecule has 1 aliphatic heterocycles. The molecule has 1 N–H and O–H groups in total. The number of rotatable bonds is 5. The monoisotopic (exact) mass is 517 g/mol. The lowest BCUT2D eigenvalue weighted by atomic mass is 9.89. The zero-order chi connectivity index (χ0) is 25.9. The van der Waals surface area contributed by atoms with Crippen molar-refractivity contribution in [2.75, 3.05) is 13.1 Å². The third-order valence-electron chi connectivity index (χ3n) is 6.13. The van der Waals surface area contributed by atoms with Gasteiger partial charge in [0.1, 0.15) is 5.69 Å². The Balaban J connectivity index is 1.36. The van der Waals surface area contributed by atoms with Gasteiger partial charge in [-0.25, -0.2) is 0 Å². The Morgan fingerprint density at radius 3 is 2.31 bits per heavy atom. The Morgan fingerprint density at radius 2 is 1.69 bits per heavy atom. The van der Waals surface area contributed by atoms with E-state index in [1.165, 1.54) is 11.6 Å². The molecule has 0 radical (unpaired) electrons. The van der Waals surface area contributed by atoms with Crippen molar-refractivity contribution in [1.82, 2.24) is 15.4 Å². The number of aryl methyl sites for hydroxylation is 1. The number of nitrogens with zero attached hydrogens (tertiary/aromatic N) is 2. The molecule has 0 unspecified atom stereocenters. The van der Waals surface area contributed by atoms with Gasteiger partial charge in [0.25, 0.3) is 11.8 Å². The number of nitrogens with one attached hydrogen (secondary N) is 1. The number of hydroxylamine groups is 1. The maximum Gasteiger partial charge on any atom is 0.433 e. The number of aromatic nitrogens is 1. The molecule has 0 bridgehead atoms. The zero-order valence-electron chi connectivity index (χ0n) is 19.3. The van der Waals surface area contributed by atoms with Gasteiger partial charge in [-0.05, 0) is 73.2 Å². The summed E-state index contributed by atoms with van der Waals surface area (Å²) in [4.78, 5) is 35.8. The Hall–Kier alpha value is -3.59. The van der Waals surface area contributed by atoms with E-state index in [1.807, 2.05) is 24.3 Å². The molecule has 1 aliphatic rings. The molecule has 188 valence electrons. The lowest BCUT2D eigenvalue weighted by molar-refractivity contribution is -0.141. The third-order valence-corrected chi connectivity index (χ3v) is 6.38. The molecule has 0 aliphatic carbocycles. The van der Waals surface area contributed by atoms with Crippen molar-refractivity contribution in [2.45, 2.75) is 31.9 Å². The summed E-state index contributed by atoms with van der Waals surface area (Å²) in [5, 5.41) is 0.691. The number of amides is 2. The second kappa shape index (κ2) is 10.6. The number of piperidine rings is 1. The molecule has 1 fully saturated rings. The SMILES string of the molecule is Cc1ccc(C(=O)N2CCC(c3ccc(Cl)cc3)CC2)cc1ONC(=O)c1ccc(C(F)(F)F)nc1. The van der Waals surface area contributed by atoms with Gasteiger partial charge in [-0.1, -0.05) is 29.8 Å². The van der Waals surface area contributed by atoms with Gasteiger partial charge in [-0.15, -0.1) is 0 Å². The summed E-state index contributed by atoms with van der Waals surface area (Å²) >= 11 is 5.97. The van der Waals surface area contributed by atoms with Crippen molar-refractivity contribution in [3.05, 3.63) is 93.8 Å². The van der Waals surface area contributed by atoms with Gasteiger partial charge < -0.3 is 9.74 Å². The molecule has 36 heavy (non-hydrogen) atoms. The molecule has 10 heteroatoms. The van der Waals surface area contributed by atoms with Crippen LogP contribution in [0.25, 0.3) is 0 Å². The Kier molecular flexibility index (Phi) is 7.49. The first kappa shape index (κ1) is 25.5. The normalized spacial score (nSPS) is 14.4. The molecular weight excluding hydrogens is 495 g/mol. The van der Waals surface area contributed by atoms with Crippen LogP contribution in [0.5, 0.6) is 5.75 Å². The average molecular weight is 518 g/mol. The molecular formula is C26H23ClF3N3O3. The van der Waals surface area contributed by atoms with Crippen LogP contribution in [0.15, 0.2) is 60.8 Å². The molecule has 1 aromatic heterocycles. The highest BCUT2D eigenvalue weighted by atomic mass is 35.5.